The fourth-order valence-corrected chi connectivity index (χ4v) is 3.35. The Bertz CT molecular complexity index is 720. The van der Waals surface area contributed by atoms with Gasteiger partial charge in [-0.05, 0) is 49.9 Å². The zero-order valence-electron chi connectivity index (χ0n) is 14.4. The Hall–Kier alpha value is -1.95. The largest absolute Gasteiger partial charge is 0.355 e. The SMILES string of the molecule is Cc1ccnc(N2CCC[C@@H](C(=O)NCCc3ccc(Br)cc3)C2)n1. The maximum atomic E-state index is 12.5. The van der Waals surface area contributed by atoms with E-state index >= 15 is 0 Å². The minimum absolute atomic E-state index is 0.00257. The molecular weight excluding hydrogens is 380 g/mol. The number of nitrogens with one attached hydrogen (secondary N) is 1. The number of hydrogen-bond acceptors (Lipinski definition) is 4. The number of carbonyl (C=O) groups excluding carboxylic acids is 1. The van der Waals surface area contributed by atoms with E-state index in [1.807, 2.05) is 25.1 Å². The van der Waals surface area contributed by atoms with Gasteiger partial charge in [0, 0.05) is 36.0 Å². The zero-order chi connectivity index (χ0) is 17.6. The maximum absolute atomic E-state index is 12.5. The minimum atomic E-state index is 0.00257. The average Bonchev–Trinajstić information content (AvgIpc) is 2.63. The number of anilines is 1. The summed E-state index contributed by atoms with van der Waals surface area (Å²) in [4.78, 5) is 23.4. The summed E-state index contributed by atoms with van der Waals surface area (Å²) in [6, 6.07) is 10.1. The van der Waals surface area contributed by atoms with Gasteiger partial charge in [0.1, 0.15) is 0 Å². The molecule has 1 amide bonds. The van der Waals surface area contributed by atoms with E-state index in [4.69, 9.17) is 0 Å². The molecular formula is C19H23BrN4O. The predicted octanol–water partition coefficient (Wildman–Crippen LogP) is 3.12. The molecule has 3 rings (SSSR count). The Morgan fingerprint density at radius 2 is 2.12 bits per heavy atom. The maximum Gasteiger partial charge on any atom is 0.225 e. The first kappa shape index (κ1) is 17.9. The third-order valence-electron chi connectivity index (χ3n) is 4.48. The summed E-state index contributed by atoms with van der Waals surface area (Å²) in [5, 5.41) is 3.08. The lowest BCUT2D eigenvalue weighted by Gasteiger charge is -2.32. The smallest absolute Gasteiger partial charge is 0.225 e. The van der Waals surface area contributed by atoms with Gasteiger partial charge in [0.05, 0.1) is 5.92 Å². The monoisotopic (exact) mass is 402 g/mol. The zero-order valence-corrected chi connectivity index (χ0v) is 16.0. The normalized spacial score (nSPS) is 17.4. The van der Waals surface area contributed by atoms with Gasteiger partial charge >= 0.3 is 0 Å². The number of aryl methyl sites for hydroxylation is 1. The van der Waals surface area contributed by atoms with Crippen LogP contribution in [0.2, 0.25) is 0 Å². The molecule has 6 heteroatoms. The number of benzene rings is 1. The molecule has 1 aromatic carbocycles. The Kier molecular flexibility index (Phi) is 6.02. The second-order valence-electron chi connectivity index (χ2n) is 6.45. The lowest BCUT2D eigenvalue weighted by atomic mass is 9.97. The quantitative estimate of drug-likeness (QED) is 0.834. The molecule has 1 aliphatic rings. The molecule has 1 fully saturated rings. The Morgan fingerprint density at radius 1 is 1.32 bits per heavy atom. The molecule has 1 aliphatic heterocycles. The van der Waals surface area contributed by atoms with E-state index in [0.717, 1.165) is 41.9 Å². The number of nitrogens with zero attached hydrogens (tertiary/aromatic N) is 3. The first-order chi connectivity index (χ1) is 12.1. The summed E-state index contributed by atoms with van der Waals surface area (Å²) in [5.74, 6) is 0.865. The van der Waals surface area contributed by atoms with Gasteiger partial charge in [0.25, 0.3) is 0 Å². The molecule has 1 saturated heterocycles. The predicted molar refractivity (Wildman–Crippen MR) is 103 cm³/mol. The fraction of sp³-hybridized carbons (Fsp3) is 0.421. The van der Waals surface area contributed by atoms with Crippen molar-refractivity contribution in [3.05, 3.63) is 52.3 Å². The van der Waals surface area contributed by atoms with Gasteiger partial charge in [-0.2, -0.15) is 0 Å². The molecule has 25 heavy (non-hydrogen) atoms. The highest BCUT2D eigenvalue weighted by Crippen LogP contribution is 2.20. The van der Waals surface area contributed by atoms with Gasteiger partial charge in [-0.3, -0.25) is 4.79 Å². The van der Waals surface area contributed by atoms with Crippen LogP contribution >= 0.6 is 15.9 Å². The van der Waals surface area contributed by atoms with Crippen molar-refractivity contribution in [2.24, 2.45) is 5.92 Å². The lowest BCUT2D eigenvalue weighted by Crippen LogP contribution is -2.44. The number of piperidine rings is 1. The van der Waals surface area contributed by atoms with E-state index in [9.17, 15) is 4.79 Å². The first-order valence-corrected chi connectivity index (χ1v) is 9.48. The van der Waals surface area contributed by atoms with E-state index < -0.39 is 0 Å². The highest BCUT2D eigenvalue weighted by Gasteiger charge is 2.26. The van der Waals surface area contributed by atoms with Crippen molar-refractivity contribution in [3.8, 4) is 0 Å². The van der Waals surface area contributed by atoms with Crippen LogP contribution in [0.5, 0.6) is 0 Å². The topological polar surface area (TPSA) is 58.1 Å². The highest BCUT2D eigenvalue weighted by atomic mass is 79.9. The standard InChI is InChI=1S/C19H23BrN4O/c1-14-8-10-22-19(23-14)24-12-2-3-16(13-24)18(25)21-11-9-15-4-6-17(20)7-5-15/h4-8,10,16H,2-3,9,11-13H2,1H3,(H,21,25)/t16-/m1/s1. The van der Waals surface area contributed by atoms with Gasteiger partial charge in [0.15, 0.2) is 0 Å². The molecule has 132 valence electrons. The van der Waals surface area contributed by atoms with Crippen LogP contribution < -0.4 is 10.2 Å². The van der Waals surface area contributed by atoms with Crippen molar-refractivity contribution < 1.29 is 4.79 Å². The molecule has 0 saturated carbocycles. The van der Waals surface area contributed by atoms with Crippen molar-refractivity contribution >= 4 is 27.8 Å². The number of halogens is 1. The molecule has 1 atom stereocenters. The molecule has 0 radical (unpaired) electrons. The van der Waals surface area contributed by atoms with Gasteiger partial charge in [-0.1, -0.05) is 28.1 Å². The Balaban J connectivity index is 1.50. The number of amides is 1. The summed E-state index contributed by atoms with van der Waals surface area (Å²) in [7, 11) is 0. The Labute approximate surface area is 157 Å². The number of aromatic nitrogens is 2. The van der Waals surface area contributed by atoms with Crippen LogP contribution in [0.25, 0.3) is 0 Å². The van der Waals surface area contributed by atoms with Crippen molar-refractivity contribution in [3.63, 3.8) is 0 Å². The molecule has 1 aromatic heterocycles. The van der Waals surface area contributed by atoms with Crippen molar-refractivity contribution in [2.45, 2.75) is 26.2 Å². The summed E-state index contributed by atoms with van der Waals surface area (Å²) >= 11 is 3.43. The minimum Gasteiger partial charge on any atom is -0.355 e. The van der Waals surface area contributed by atoms with E-state index in [1.165, 1.54) is 5.56 Å². The summed E-state index contributed by atoms with van der Waals surface area (Å²) in [5.41, 5.74) is 2.17. The van der Waals surface area contributed by atoms with E-state index in [1.54, 1.807) is 6.20 Å². The second-order valence-corrected chi connectivity index (χ2v) is 7.37. The van der Waals surface area contributed by atoms with Crippen LogP contribution in [0, 0.1) is 12.8 Å². The third-order valence-corrected chi connectivity index (χ3v) is 5.01. The summed E-state index contributed by atoms with van der Waals surface area (Å²) in [6.07, 6.45) is 4.53. The molecule has 0 bridgehead atoms. The molecule has 5 nitrogen and oxygen atoms in total. The van der Waals surface area contributed by atoms with Gasteiger partial charge in [-0.25, -0.2) is 9.97 Å². The van der Waals surface area contributed by atoms with Crippen molar-refractivity contribution in [1.29, 1.82) is 0 Å². The Morgan fingerprint density at radius 3 is 2.88 bits per heavy atom. The molecule has 2 aromatic rings. The van der Waals surface area contributed by atoms with Crippen molar-refractivity contribution in [2.75, 3.05) is 24.5 Å². The third kappa shape index (κ3) is 5.01. The van der Waals surface area contributed by atoms with Crippen LogP contribution in [0.1, 0.15) is 24.1 Å². The van der Waals surface area contributed by atoms with Crippen LogP contribution in [0.4, 0.5) is 5.95 Å². The van der Waals surface area contributed by atoms with Gasteiger partial charge < -0.3 is 10.2 Å². The second kappa shape index (κ2) is 8.43. The van der Waals surface area contributed by atoms with Crippen LogP contribution in [0.3, 0.4) is 0 Å². The molecule has 0 spiro atoms. The molecule has 0 aliphatic carbocycles. The molecule has 2 heterocycles. The highest BCUT2D eigenvalue weighted by molar-refractivity contribution is 9.10. The number of hydrogen-bond donors (Lipinski definition) is 1. The van der Waals surface area contributed by atoms with E-state index in [0.29, 0.717) is 13.1 Å². The fourth-order valence-electron chi connectivity index (χ4n) is 3.09. The average molecular weight is 403 g/mol. The van der Waals surface area contributed by atoms with Gasteiger partial charge in [0.2, 0.25) is 11.9 Å². The van der Waals surface area contributed by atoms with Crippen LogP contribution in [0.15, 0.2) is 41.0 Å². The van der Waals surface area contributed by atoms with E-state index in [2.05, 4.69) is 48.2 Å². The molecule has 0 unspecified atom stereocenters. The summed E-state index contributed by atoms with van der Waals surface area (Å²) < 4.78 is 1.07. The molecule has 1 N–H and O–H groups in total. The van der Waals surface area contributed by atoms with Crippen LogP contribution in [-0.4, -0.2) is 35.5 Å². The number of carbonyl (C=O) groups is 1. The number of rotatable bonds is 5. The van der Waals surface area contributed by atoms with Crippen LogP contribution in [-0.2, 0) is 11.2 Å². The van der Waals surface area contributed by atoms with E-state index in [-0.39, 0.29) is 11.8 Å². The van der Waals surface area contributed by atoms with Gasteiger partial charge in [-0.15, -0.1) is 0 Å². The first-order valence-electron chi connectivity index (χ1n) is 8.68. The summed E-state index contributed by atoms with van der Waals surface area (Å²) in [6.45, 7) is 4.22. The van der Waals surface area contributed by atoms with Crippen molar-refractivity contribution in [1.82, 2.24) is 15.3 Å². The lowest BCUT2D eigenvalue weighted by molar-refractivity contribution is -0.125.